The SMILES string of the molecule is CC1CCC(C(C)C)C(OCC(=O)NCC2(C(=O)O)CCOCC2)C1. The van der Waals surface area contributed by atoms with E-state index >= 15 is 0 Å². The topological polar surface area (TPSA) is 84.9 Å². The molecule has 3 atom stereocenters. The van der Waals surface area contributed by atoms with Gasteiger partial charge in [0.15, 0.2) is 0 Å². The van der Waals surface area contributed by atoms with Crippen molar-refractivity contribution in [2.75, 3.05) is 26.4 Å². The second-order valence-corrected chi connectivity index (χ2v) is 8.15. The largest absolute Gasteiger partial charge is 0.481 e. The van der Waals surface area contributed by atoms with E-state index < -0.39 is 11.4 Å². The third kappa shape index (κ3) is 5.42. The summed E-state index contributed by atoms with van der Waals surface area (Å²) in [6.45, 7) is 7.64. The molecule has 1 aliphatic heterocycles. The Labute approximate surface area is 150 Å². The van der Waals surface area contributed by atoms with E-state index in [1.807, 2.05) is 0 Å². The molecule has 6 nitrogen and oxygen atoms in total. The van der Waals surface area contributed by atoms with Crippen molar-refractivity contribution in [2.24, 2.45) is 23.2 Å². The van der Waals surface area contributed by atoms with Gasteiger partial charge in [0.2, 0.25) is 5.91 Å². The van der Waals surface area contributed by atoms with Crippen LogP contribution in [0.4, 0.5) is 0 Å². The van der Waals surface area contributed by atoms with Gasteiger partial charge in [0.25, 0.3) is 0 Å². The number of carboxylic acids is 1. The molecule has 0 bridgehead atoms. The summed E-state index contributed by atoms with van der Waals surface area (Å²) in [5.74, 6) is 0.564. The Morgan fingerprint density at radius 3 is 2.56 bits per heavy atom. The van der Waals surface area contributed by atoms with Gasteiger partial charge in [-0.05, 0) is 43.4 Å². The summed E-state index contributed by atoms with van der Waals surface area (Å²) in [7, 11) is 0. The first-order valence-corrected chi connectivity index (χ1v) is 9.53. The van der Waals surface area contributed by atoms with Crippen LogP contribution in [-0.2, 0) is 19.1 Å². The third-order valence-corrected chi connectivity index (χ3v) is 5.92. The van der Waals surface area contributed by atoms with Crippen LogP contribution in [0.2, 0.25) is 0 Å². The van der Waals surface area contributed by atoms with Crippen molar-refractivity contribution in [3.05, 3.63) is 0 Å². The van der Waals surface area contributed by atoms with Gasteiger partial charge in [-0.3, -0.25) is 9.59 Å². The molecule has 2 rings (SSSR count). The summed E-state index contributed by atoms with van der Waals surface area (Å²) >= 11 is 0. The molecule has 1 aliphatic carbocycles. The number of hydrogen-bond donors (Lipinski definition) is 2. The number of rotatable bonds is 7. The van der Waals surface area contributed by atoms with Gasteiger partial charge in [0, 0.05) is 19.8 Å². The lowest BCUT2D eigenvalue weighted by atomic mass is 9.75. The van der Waals surface area contributed by atoms with E-state index in [-0.39, 0.29) is 25.2 Å². The Balaban J connectivity index is 1.82. The zero-order chi connectivity index (χ0) is 18.4. The van der Waals surface area contributed by atoms with Gasteiger partial charge >= 0.3 is 5.97 Å². The van der Waals surface area contributed by atoms with Crippen LogP contribution < -0.4 is 5.32 Å². The maximum Gasteiger partial charge on any atom is 0.311 e. The minimum atomic E-state index is -0.909. The molecule has 1 heterocycles. The van der Waals surface area contributed by atoms with Crippen LogP contribution >= 0.6 is 0 Å². The van der Waals surface area contributed by atoms with E-state index in [0.29, 0.717) is 43.8 Å². The van der Waals surface area contributed by atoms with Crippen molar-refractivity contribution in [1.29, 1.82) is 0 Å². The van der Waals surface area contributed by atoms with Crippen LogP contribution in [0.3, 0.4) is 0 Å². The summed E-state index contributed by atoms with van der Waals surface area (Å²) in [5.41, 5.74) is -0.909. The number of nitrogens with one attached hydrogen (secondary N) is 1. The monoisotopic (exact) mass is 355 g/mol. The second-order valence-electron chi connectivity index (χ2n) is 8.15. The van der Waals surface area contributed by atoms with Crippen LogP contribution in [0.25, 0.3) is 0 Å². The average molecular weight is 355 g/mol. The fourth-order valence-electron chi connectivity index (χ4n) is 4.04. The molecule has 2 aliphatic rings. The normalized spacial score (nSPS) is 29.4. The van der Waals surface area contributed by atoms with Gasteiger partial charge < -0.3 is 19.9 Å². The molecule has 0 radical (unpaired) electrons. The average Bonchev–Trinajstić information content (AvgIpc) is 2.58. The number of carbonyl (C=O) groups excluding carboxylic acids is 1. The number of carboxylic acid groups (broad SMARTS) is 1. The van der Waals surface area contributed by atoms with Crippen LogP contribution in [-0.4, -0.2) is 49.5 Å². The molecule has 0 aromatic heterocycles. The van der Waals surface area contributed by atoms with Gasteiger partial charge in [0.05, 0.1) is 11.5 Å². The van der Waals surface area contributed by atoms with E-state index in [4.69, 9.17) is 9.47 Å². The van der Waals surface area contributed by atoms with Crippen molar-refractivity contribution in [1.82, 2.24) is 5.32 Å². The van der Waals surface area contributed by atoms with Gasteiger partial charge in [-0.25, -0.2) is 0 Å². The minimum absolute atomic E-state index is 0.00675. The molecular formula is C19H33NO5. The van der Waals surface area contributed by atoms with E-state index in [1.54, 1.807) is 0 Å². The minimum Gasteiger partial charge on any atom is -0.481 e. The number of hydrogen-bond acceptors (Lipinski definition) is 4. The standard InChI is InChI=1S/C19H33NO5/c1-13(2)15-5-4-14(3)10-16(15)25-11-17(21)20-12-19(18(22)23)6-8-24-9-7-19/h13-16H,4-12H2,1-3H3,(H,20,21)(H,22,23). The Morgan fingerprint density at radius 2 is 1.96 bits per heavy atom. The van der Waals surface area contributed by atoms with E-state index in [2.05, 4.69) is 26.1 Å². The first kappa shape index (κ1) is 20.2. The van der Waals surface area contributed by atoms with Crippen LogP contribution in [0, 0.1) is 23.2 Å². The maximum atomic E-state index is 12.2. The molecule has 1 saturated carbocycles. The van der Waals surface area contributed by atoms with Crippen molar-refractivity contribution in [3.63, 3.8) is 0 Å². The van der Waals surface area contributed by atoms with Crippen LogP contribution in [0.15, 0.2) is 0 Å². The lowest BCUT2D eigenvalue weighted by molar-refractivity contribution is -0.155. The first-order valence-electron chi connectivity index (χ1n) is 9.53. The highest BCUT2D eigenvalue weighted by atomic mass is 16.5. The van der Waals surface area contributed by atoms with E-state index in [0.717, 1.165) is 12.8 Å². The summed E-state index contributed by atoms with van der Waals surface area (Å²) < 4.78 is 11.2. The number of aliphatic carboxylic acids is 1. The lowest BCUT2D eigenvalue weighted by Gasteiger charge is -2.37. The highest BCUT2D eigenvalue weighted by Crippen LogP contribution is 2.35. The molecule has 0 aromatic carbocycles. The van der Waals surface area contributed by atoms with Crippen molar-refractivity contribution in [3.8, 4) is 0 Å². The molecule has 1 saturated heterocycles. The zero-order valence-electron chi connectivity index (χ0n) is 15.8. The summed E-state index contributed by atoms with van der Waals surface area (Å²) in [5, 5.41) is 12.3. The number of carbonyl (C=O) groups is 2. The lowest BCUT2D eigenvalue weighted by Crippen LogP contribution is -2.47. The Morgan fingerprint density at radius 1 is 1.28 bits per heavy atom. The van der Waals surface area contributed by atoms with Crippen LogP contribution in [0.5, 0.6) is 0 Å². The molecule has 25 heavy (non-hydrogen) atoms. The van der Waals surface area contributed by atoms with E-state index in [1.165, 1.54) is 6.42 Å². The Kier molecular flexibility index (Phi) is 7.25. The first-order chi connectivity index (χ1) is 11.8. The Hall–Kier alpha value is -1.14. The summed E-state index contributed by atoms with van der Waals surface area (Å²) in [6, 6.07) is 0. The summed E-state index contributed by atoms with van der Waals surface area (Å²) in [4.78, 5) is 23.8. The van der Waals surface area contributed by atoms with Gasteiger partial charge in [-0.15, -0.1) is 0 Å². The molecule has 1 amide bonds. The molecule has 0 aromatic rings. The zero-order valence-corrected chi connectivity index (χ0v) is 15.8. The summed E-state index contributed by atoms with van der Waals surface area (Å²) in [6.07, 6.45) is 4.33. The predicted octanol–water partition coefficient (Wildman–Crippen LogP) is 2.46. The smallest absolute Gasteiger partial charge is 0.311 e. The highest BCUT2D eigenvalue weighted by molar-refractivity contribution is 5.79. The molecule has 144 valence electrons. The van der Waals surface area contributed by atoms with Crippen molar-refractivity contribution >= 4 is 11.9 Å². The molecular weight excluding hydrogens is 322 g/mol. The Bertz CT molecular complexity index is 459. The molecule has 2 fully saturated rings. The van der Waals surface area contributed by atoms with Gasteiger partial charge in [0.1, 0.15) is 6.61 Å². The second kappa shape index (κ2) is 8.99. The van der Waals surface area contributed by atoms with Crippen molar-refractivity contribution < 1.29 is 24.2 Å². The molecule has 0 spiro atoms. The number of ether oxygens (including phenoxy) is 2. The van der Waals surface area contributed by atoms with Gasteiger partial charge in [-0.1, -0.05) is 27.2 Å². The quantitative estimate of drug-likeness (QED) is 0.733. The van der Waals surface area contributed by atoms with Crippen LogP contribution in [0.1, 0.15) is 52.9 Å². The van der Waals surface area contributed by atoms with Gasteiger partial charge in [-0.2, -0.15) is 0 Å². The predicted molar refractivity (Wildman–Crippen MR) is 94.2 cm³/mol. The highest BCUT2D eigenvalue weighted by Gasteiger charge is 2.40. The third-order valence-electron chi connectivity index (χ3n) is 5.92. The van der Waals surface area contributed by atoms with Crippen molar-refractivity contribution in [2.45, 2.75) is 59.0 Å². The fraction of sp³-hybridized carbons (Fsp3) is 0.895. The molecule has 6 heteroatoms. The fourth-order valence-corrected chi connectivity index (χ4v) is 4.04. The van der Waals surface area contributed by atoms with E-state index in [9.17, 15) is 14.7 Å². The molecule has 2 N–H and O–H groups in total. The maximum absolute atomic E-state index is 12.2. The number of amides is 1. The molecule has 3 unspecified atom stereocenters.